The molecule has 5 heteroatoms. The van der Waals surface area contributed by atoms with E-state index in [9.17, 15) is 4.79 Å². The first-order valence-electron chi connectivity index (χ1n) is 7.99. The second kappa shape index (κ2) is 7.01. The Morgan fingerprint density at radius 3 is 2.68 bits per heavy atom. The Morgan fingerprint density at radius 2 is 1.80 bits per heavy atom. The Morgan fingerprint density at radius 1 is 1.00 bits per heavy atom. The average molecular weight is 348 g/mol. The van der Waals surface area contributed by atoms with Crippen LogP contribution in [0.15, 0.2) is 66.7 Å². The van der Waals surface area contributed by atoms with Gasteiger partial charge in [-0.3, -0.25) is 10.1 Å². The van der Waals surface area contributed by atoms with Gasteiger partial charge in [-0.2, -0.15) is 0 Å². The van der Waals surface area contributed by atoms with Gasteiger partial charge >= 0.3 is 0 Å². The van der Waals surface area contributed by atoms with Gasteiger partial charge in [0.05, 0.1) is 16.8 Å². The van der Waals surface area contributed by atoms with Crippen molar-refractivity contribution in [2.75, 3.05) is 11.9 Å². The SMILES string of the molecule is O=C(COCc1ccccc1)Nc1nc2c(ccc3ccccc32)s1. The van der Waals surface area contributed by atoms with Gasteiger partial charge in [-0.1, -0.05) is 72.0 Å². The number of nitrogens with one attached hydrogen (secondary N) is 1. The quantitative estimate of drug-likeness (QED) is 0.573. The molecule has 0 unspecified atom stereocenters. The van der Waals surface area contributed by atoms with Gasteiger partial charge in [0.15, 0.2) is 5.13 Å². The molecule has 0 saturated carbocycles. The van der Waals surface area contributed by atoms with Crippen LogP contribution in [0.2, 0.25) is 0 Å². The van der Waals surface area contributed by atoms with E-state index in [1.165, 1.54) is 11.3 Å². The molecule has 1 heterocycles. The number of anilines is 1. The highest BCUT2D eigenvalue weighted by molar-refractivity contribution is 7.22. The number of benzene rings is 3. The molecule has 0 radical (unpaired) electrons. The van der Waals surface area contributed by atoms with Crippen molar-refractivity contribution in [3.63, 3.8) is 0 Å². The molecule has 0 aliphatic carbocycles. The predicted octanol–water partition coefficient (Wildman–Crippen LogP) is 4.60. The van der Waals surface area contributed by atoms with E-state index < -0.39 is 0 Å². The molecule has 25 heavy (non-hydrogen) atoms. The van der Waals surface area contributed by atoms with Crippen LogP contribution in [0.1, 0.15) is 5.56 Å². The smallest absolute Gasteiger partial charge is 0.252 e. The molecule has 0 spiro atoms. The molecule has 0 aliphatic heterocycles. The van der Waals surface area contributed by atoms with Crippen LogP contribution in [0.4, 0.5) is 5.13 Å². The Labute approximate surface area is 149 Å². The monoisotopic (exact) mass is 348 g/mol. The highest BCUT2D eigenvalue weighted by Crippen LogP contribution is 2.31. The molecule has 0 atom stereocenters. The van der Waals surface area contributed by atoms with Gasteiger partial charge in [0.1, 0.15) is 6.61 Å². The highest BCUT2D eigenvalue weighted by atomic mass is 32.1. The normalized spacial score (nSPS) is 11.0. The number of fused-ring (bicyclic) bond motifs is 3. The van der Waals surface area contributed by atoms with Crippen LogP contribution in [-0.4, -0.2) is 17.5 Å². The number of nitrogens with zero attached hydrogens (tertiary/aromatic N) is 1. The van der Waals surface area contributed by atoms with Crippen LogP contribution in [0, 0.1) is 0 Å². The summed E-state index contributed by atoms with van der Waals surface area (Å²) < 4.78 is 6.52. The van der Waals surface area contributed by atoms with Gasteiger partial charge in [-0.25, -0.2) is 4.98 Å². The summed E-state index contributed by atoms with van der Waals surface area (Å²) in [5.41, 5.74) is 1.96. The third kappa shape index (κ3) is 3.52. The summed E-state index contributed by atoms with van der Waals surface area (Å²) in [6, 6.07) is 22.0. The van der Waals surface area contributed by atoms with E-state index in [1.54, 1.807) is 0 Å². The maximum atomic E-state index is 12.1. The molecule has 3 aromatic carbocycles. The van der Waals surface area contributed by atoms with Crippen molar-refractivity contribution in [2.45, 2.75) is 6.61 Å². The summed E-state index contributed by atoms with van der Waals surface area (Å²) in [5, 5.41) is 5.66. The van der Waals surface area contributed by atoms with Gasteiger partial charge in [0, 0.05) is 5.39 Å². The number of thiazole rings is 1. The third-order valence-corrected chi connectivity index (χ3v) is 4.81. The van der Waals surface area contributed by atoms with E-state index in [4.69, 9.17) is 4.74 Å². The first kappa shape index (κ1) is 15.7. The maximum Gasteiger partial charge on any atom is 0.252 e. The van der Waals surface area contributed by atoms with Crippen LogP contribution >= 0.6 is 11.3 Å². The Kier molecular flexibility index (Phi) is 4.41. The van der Waals surface area contributed by atoms with Crippen LogP contribution in [0.3, 0.4) is 0 Å². The predicted molar refractivity (Wildman–Crippen MR) is 102 cm³/mol. The number of carbonyl (C=O) groups excluding carboxylic acids is 1. The summed E-state index contributed by atoms with van der Waals surface area (Å²) in [5.74, 6) is -0.195. The van der Waals surface area contributed by atoms with E-state index in [2.05, 4.69) is 22.4 Å². The van der Waals surface area contributed by atoms with Crippen molar-refractivity contribution in [3.8, 4) is 0 Å². The van der Waals surface area contributed by atoms with Crippen LogP contribution < -0.4 is 5.32 Å². The van der Waals surface area contributed by atoms with Crippen molar-refractivity contribution in [3.05, 3.63) is 72.3 Å². The number of hydrogen-bond donors (Lipinski definition) is 1. The molecule has 0 fully saturated rings. The van der Waals surface area contributed by atoms with E-state index >= 15 is 0 Å². The van der Waals surface area contributed by atoms with Crippen molar-refractivity contribution >= 4 is 43.4 Å². The van der Waals surface area contributed by atoms with E-state index in [0.717, 1.165) is 26.6 Å². The van der Waals surface area contributed by atoms with Crippen LogP contribution in [-0.2, 0) is 16.1 Å². The standard InChI is InChI=1S/C20H16N2O2S/c23-18(13-24-12-14-6-2-1-3-7-14)21-20-22-19-16-9-5-4-8-15(16)10-11-17(19)25-20/h1-11H,12-13H2,(H,21,22,23). The number of ether oxygens (including phenoxy) is 1. The van der Waals surface area contributed by atoms with Crippen LogP contribution in [0.5, 0.6) is 0 Å². The molecule has 4 aromatic rings. The third-order valence-electron chi connectivity index (χ3n) is 3.87. The lowest BCUT2D eigenvalue weighted by molar-refractivity contribution is -0.121. The minimum absolute atomic E-state index is 0.00552. The lowest BCUT2D eigenvalue weighted by atomic mass is 10.1. The Balaban J connectivity index is 1.43. The van der Waals surface area contributed by atoms with E-state index in [0.29, 0.717) is 11.7 Å². The summed E-state index contributed by atoms with van der Waals surface area (Å²) in [4.78, 5) is 16.7. The molecule has 1 aromatic heterocycles. The highest BCUT2D eigenvalue weighted by Gasteiger charge is 2.10. The molecular formula is C20H16N2O2S. The average Bonchev–Trinajstić information content (AvgIpc) is 3.05. The summed E-state index contributed by atoms with van der Waals surface area (Å²) in [7, 11) is 0. The molecule has 4 rings (SSSR count). The van der Waals surface area contributed by atoms with E-state index in [-0.39, 0.29) is 12.5 Å². The minimum Gasteiger partial charge on any atom is -0.367 e. The summed E-state index contributed by atoms with van der Waals surface area (Å²) in [6.07, 6.45) is 0. The van der Waals surface area contributed by atoms with Crippen LogP contribution in [0.25, 0.3) is 21.0 Å². The van der Waals surface area contributed by atoms with Gasteiger partial charge in [-0.05, 0) is 17.0 Å². The molecule has 0 bridgehead atoms. The second-order valence-electron chi connectivity index (χ2n) is 5.68. The molecule has 0 aliphatic rings. The minimum atomic E-state index is -0.195. The summed E-state index contributed by atoms with van der Waals surface area (Å²) in [6.45, 7) is 0.421. The fourth-order valence-electron chi connectivity index (χ4n) is 2.71. The zero-order chi connectivity index (χ0) is 17.1. The molecule has 1 amide bonds. The number of hydrogen-bond acceptors (Lipinski definition) is 4. The van der Waals surface area contributed by atoms with Gasteiger partial charge < -0.3 is 4.74 Å². The number of aromatic nitrogens is 1. The topological polar surface area (TPSA) is 51.2 Å². The van der Waals surface area contributed by atoms with E-state index in [1.807, 2.05) is 54.6 Å². The first-order valence-corrected chi connectivity index (χ1v) is 8.81. The lowest BCUT2D eigenvalue weighted by Gasteiger charge is -2.04. The number of carbonyl (C=O) groups is 1. The Bertz CT molecular complexity index is 1030. The maximum absolute atomic E-state index is 12.1. The molecular weight excluding hydrogens is 332 g/mol. The Hall–Kier alpha value is -2.76. The van der Waals surface area contributed by atoms with Crippen molar-refractivity contribution < 1.29 is 9.53 Å². The zero-order valence-electron chi connectivity index (χ0n) is 13.4. The lowest BCUT2D eigenvalue weighted by Crippen LogP contribution is -2.18. The van der Waals surface area contributed by atoms with Crippen molar-refractivity contribution in [1.82, 2.24) is 4.98 Å². The molecule has 124 valence electrons. The molecule has 0 saturated heterocycles. The van der Waals surface area contributed by atoms with Gasteiger partial charge in [-0.15, -0.1) is 0 Å². The molecule has 4 nitrogen and oxygen atoms in total. The van der Waals surface area contributed by atoms with Crippen molar-refractivity contribution in [2.24, 2.45) is 0 Å². The first-order chi connectivity index (χ1) is 12.3. The fourth-order valence-corrected chi connectivity index (χ4v) is 3.60. The largest absolute Gasteiger partial charge is 0.367 e. The summed E-state index contributed by atoms with van der Waals surface area (Å²) >= 11 is 1.47. The van der Waals surface area contributed by atoms with Gasteiger partial charge in [0.2, 0.25) is 0 Å². The fraction of sp³-hybridized carbons (Fsp3) is 0.100. The number of rotatable bonds is 5. The second-order valence-corrected chi connectivity index (χ2v) is 6.71. The number of amides is 1. The van der Waals surface area contributed by atoms with Crippen molar-refractivity contribution in [1.29, 1.82) is 0 Å². The van der Waals surface area contributed by atoms with Gasteiger partial charge in [0.25, 0.3) is 5.91 Å². The molecule has 1 N–H and O–H groups in total. The zero-order valence-corrected chi connectivity index (χ0v) is 14.3.